The molecule has 1 saturated heterocycles. The van der Waals surface area contributed by atoms with Gasteiger partial charge in [-0.25, -0.2) is 0 Å². The summed E-state index contributed by atoms with van der Waals surface area (Å²) in [4.78, 5) is 11.2. The standard InChI is InChI=1S/C10H16O3/c1-2-9(6-13-7-9)10(8(11)12)4-3-5-10/h2-7H2,1H3,(H,11,12). The molecule has 2 rings (SSSR count). The Morgan fingerprint density at radius 2 is 2.08 bits per heavy atom. The Balaban J connectivity index is 2.24. The van der Waals surface area contributed by atoms with Gasteiger partial charge in [0, 0.05) is 5.41 Å². The molecule has 1 N–H and O–H groups in total. The summed E-state index contributed by atoms with van der Waals surface area (Å²) < 4.78 is 5.20. The average molecular weight is 184 g/mol. The lowest BCUT2D eigenvalue weighted by Gasteiger charge is -2.57. The third kappa shape index (κ3) is 0.909. The smallest absolute Gasteiger partial charge is 0.310 e. The van der Waals surface area contributed by atoms with Gasteiger partial charge >= 0.3 is 5.97 Å². The van der Waals surface area contributed by atoms with Crippen molar-refractivity contribution in [1.82, 2.24) is 0 Å². The van der Waals surface area contributed by atoms with Gasteiger partial charge in [-0.3, -0.25) is 4.79 Å². The Morgan fingerprint density at radius 1 is 1.46 bits per heavy atom. The molecule has 74 valence electrons. The molecule has 0 radical (unpaired) electrons. The van der Waals surface area contributed by atoms with Gasteiger partial charge in [0.2, 0.25) is 0 Å². The zero-order valence-electron chi connectivity index (χ0n) is 8.01. The monoisotopic (exact) mass is 184 g/mol. The van der Waals surface area contributed by atoms with Crippen LogP contribution in [0.5, 0.6) is 0 Å². The van der Waals surface area contributed by atoms with E-state index >= 15 is 0 Å². The highest BCUT2D eigenvalue weighted by molar-refractivity contribution is 5.77. The van der Waals surface area contributed by atoms with E-state index in [0.717, 1.165) is 25.7 Å². The second-order valence-corrected chi connectivity index (χ2v) is 4.37. The minimum Gasteiger partial charge on any atom is -0.481 e. The van der Waals surface area contributed by atoms with Crippen LogP contribution in [0.15, 0.2) is 0 Å². The number of rotatable bonds is 3. The highest BCUT2D eigenvalue weighted by Crippen LogP contribution is 2.59. The van der Waals surface area contributed by atoms with Gasteiger partial charge in [-0.2, -0.15) is 0 Å². The number of ether oxygens (including phenoxy) is 1. The highest BCUT2D eigenvalue weighted by atomic mass is 16.5. The van der Waals surface area contributed by atoms with E-state index in [-0.39, 0.29) is 5.41 Å². The molecule has 1 aliphatic heterocycles. The molecule has 13 heavy (non-hydrogen) atoms. The molecule has 1 heterocycles. The molecule has 0 aromatic rings. The zero-order valence-corrected chi connectivity index (χ0v) is 8.01. The maximum Gasteiger partial charge on any atom is 0.310 e. The molecule has 3 nitrogen and oxygen atoms in total. The minimum absolute atomic E-state index is 0.0446. The lowest BCUT2D eigenvalue weighted by Crippen LogP contribution is -2.61. The predicted octanol–water partition coefficient (Wildman–Crippen LogP) is 1.67. The quantitative estimate of drug-likeness (QED) is 0.725. The number of hydrogen-bond acceptors (Lipinski definition) is 2. The molecule has 2 fully saturated rings. The molecular weight excluding hydrogens is 168 g/mol. The van der Waals surface area contributed by atoms with E-state index in [0.29, 0.717) is 13.2 Å². The van der Waals surface area contributed by atoms with Crippen molar-refractivity contribution >= 4 is 5.97 Å². The minimum atomic E-state index is -0.607. The van der Waals surface area contributed by atoms with Gasteiger partial charge in [0.05, 0.1) is 18.6 Å². The van der Waals surface area contributed by atoms with Crippen molar-refractivity contribution in [2.24, 2.45) is 10.8 Å². The Hall–Kier alpha value is -0.570. The first-order valence-electron chi connectivity index (χ1n) is 4.98. The van der Waals surface area contributed by atoms with Crippen LogP contribution in [0, 0.1) is 10.8 Å². The average Bonchev–Trinajstić information content (AvgIpc) is 1.91. The molecule has 1 aliphatic carbocycles. The third-order valence-corrected chi connectivity index (χ3v) is 4.07. The molecular formula is C10H16O3. The second-order valence-electron chi connectivity index (χ2n) is 4.37. The highest BCUT2D eigenvalue weighted by Gasteiger charge is 2.62. The van der Waals surface area contributed by atoms with Crippen LogP contribution in [0.2, 0.25) is 0 Å². The van der Waals surface area contributed by atoms with Crippen LogP contribution < -0.4 is 0 Å². The zero-order chi connectivity index (χ0) is 9.53. The van der Waals surface area contributed by atoms with E-state index in [1.807, 2.05) is 0 Å². The maximum atomic E-state index is 11.2. The van der Waals surface area contributed by atoms with Crippen LogP contribution in [0.3, 0.4) is 0 Å². The van der Waals surface area contributed by atoms with Gasteiger partial charge in [0.25, 0.3) is 0 Å². The number of carbonyl (C=O) groups is 1. The molecule has 0 amide bonds. The van der Waals surface area contributed by atoms with Crippen LogP contribution in [-0.2, 0) is 9.53 Å². The van der Waals surface area contributed by atoms with E-state index in [1.54, 1.807) is 0 Å². The number of aliphatic carboxylic acids is 1. The molecule has 0 aromatic carbocycles. The summed E-state index contributed by atoms with van der Waals surface area (Å²) in [6.45, 7) is 3.37. The SMILES string of the molecule is CCC1(C2(C(=O)O)CCC2)COC1. The molecule has 0 atom stereocenters. The first-order chi connectivity index (χ1) is 6.17. The Kier molecular flexibility index (Phi) is 1.88. The largest absolute Gasteiger partial charge is 0.481 e. The van der Waals surface area contributed by atoms with Gasteiger partial charge in [-0.05, 0) is 19.3 Å². The molecule has 1 saturated carbocycles. The van der Waals surface area contributed by atoms with Crippen LogP contribution in [-0.4, -0.2) is 24.3 Å². The fourth-order valence-corrected chi connectivity index (χ4v) is 2.67. The fraction of sp³-hybridized carbons (Fsp3) is 0.900. The first kappa shape index (κ1) is 9.00. The van der Waals surface area contributed by atoms with Crippen molar-refractivity contribution < 1.29 is 14.6 Å². The summed E-state index contributed by atoms with van der Waals surface area (Å²) in [5.41, 5.74) is -0.489. The van der Waals surface area contributed by atoms with Gasteiger partial charge in [0.15, 0.2) is 0 Å². The van der Waals surface area contributed by atoms with Crippen molar-refractivity contribution in [3.05, 3.63) is 0 Å². The van der Waals surface area contributed by atoms with E-state index in [1.165, 1.54) is 0 Å². The number of carboxylic acid groups (broad SMARTS) is 1. The van der Waals surface area contributed by atoms with E-state index in [4.69, 9.17) is 4.74 Å². The third-order valence-electron chi connectivity index (χ3n) is 4.07. The van der Waals surface area contributed by atoms with Gasteiger partial charge in [0.1, 0.15) is 0 Å². The van der Waals surface area contributed by atoms with Gasteiger partial charge < -0.3 is 9.84 Å². The summed E-state index contributed by atoms with van der Waals surface area (Å²) in [5.74, 6) is -0.607. The maximum absolute atomic E-state index is 11.2. The summed E-state index contributed by atoms with van der Waals surface area (Å²) in [7, 11) is 0. The normalized spacial score (nSPS) is 28.7. The molecule has 0 aromatic heterocycles. The second kappa shape index (κ2) is 2.71. The molecule has 0 bridgehead atoms. The summed E-state index contributed by atoms with van der Waals surface area (Å²) in [6.07, 6.45) is 3.69. The fourth-order valence-electron chi connectivity index (χ4n) is 2.67. The predicted molar refractivity (Wildman–Crippen MR) is 47.5 cm³/mol. The van der Waals surface area contributed by atoms with E-state index < -0.39 is 11.4 Å². The lowest BCUT2D eigenvalue weighted by atomic mass is 9.51. The summed E-state index contributed by atoms with van der Waals surface area (Å²) >= 11 is 0. The van der Waals surface area contributed by atoms with Crippen LogP contribution in [0.4, 0.5) is 0 Å². The van der Waals surface area contributed by atoms with Crippen LogP contribution in [0.1, 0.15) is 32.6 Å². The number of hydrogen-bond donors (Lipinski definition) is 1. The van der Waals surface area contributed by atoms with Crippen molar-refractivity contribution in [1.29, 1.82) is 0 Å². The Morgan fingerprint density at radius 3 is 2.15 bits per heavy atom. The molecule has 2 aliphatic rings. The first-order valence-corrected chi connectivity index (χ1v) is 4.98. The van der Waals surface area contributed by atoms with Gasteiger partial charge in [-0.1, -0.05) is 13.3 Å². The van der Waals surface area contributed by atoms with Crippen LogP contribution >= 0.6 is 0 Å². The van der Waals surface area contributed by atoms with Crippen molar-refractivity contribution in [2.45, 2.75) is 32.6 Å². The topological polar surface area (TPSA) is 46.5 Å². The van der Waals surface area contributed by atoms with Crippen molar-refractivity contribution in [2.75, 3.05) is 13.2 Å². The molecule has 0 spiro atoms. The Labute approximate surface area is 78.1 Å². The van der Waals surface area contributed by atoms with Crippen molar-refractivity contribution in [3.8, 4) is 0 Å². The van der Waals surface area contributed by atoms with Gasteiger partial charge in [-0.15, -0.1) is 0 Å². The van der Waals surface area contributed by atoms with E-state index in [2.05, 4.69) is 6.92 Å². The van der Waals surface area contributed by atoms with Crippen LogP contribution in [0.25, 0.3) is 0 Å². The Bertz CT molecular complexity index is 221. The molecule has 0 unspecified atom stereocenters. The molecule has 3 heteroatoms. The van der Waals surface area contributed by atoms with E-state index in [9.17, 15) is 9.90 Å². The summed E-state index contributed by atoms with van der Waals surface area (Å²) in [6, 6.07) is 0. The number of carboxylic acids is 1. The lowest BCUT2D eigenvalue weighted by molar-refractivity contribution is -0.224. The van der Waals surface area contributed by atoms with Crippen molar-refractivity contribution in [3.63, 3.8) is 0 Å². The summed E-state index contributed by atoms with van der Waals surface area (Å²) in [5, 5.41) is 9.26.